The predicted octanol–water partition coefficient (Wildman–Crippen LogP) is 3.44. The van der Waals surface area contributed by atoms with Crippen molar-refractivity contribution in [3.8, 4) is 11.5 Å². The molecule has 1 fully saturated rings. The van der Waals surface area contributed by atoms with Crippen molar-refractivity contribution in [3.63, 3.8) is 0 Å². The Morgan fingerprint density at radius 1 is 1.00 bits per heavy atom. The van der Waals surface area contributed by atoms with Gasteiger partial charge in [0.25, 0.3) is 5.91 Å². The summed E-state index contributed by atoms with van der Waals surface area (Å²) in [6.07, 6.45) is 6.61. The van der Waals surface area contributed by atoms with Crippen LogP contribution in [0, 0.1) is 0 Å². The van der Waals surface area contributed by atoms with Crippen LogP contribution in [0.2, 0.25) is 0 Å². The second kappa shape index (κ2) is 7.01. The van der Waals surface area contributed by atoms with Crippen molar-refractivity contribution in [2.75, 3.05) is 30.1 Å². The van der Waals surface area contributed by atoms with E-state index in [0.717, 1.165) is 18.9 Å². The highest BCUT2D eigenvalue weighted by Gasteiger charge is 2.16. The van der Waals surface area contributed by atoms with Crippen molar-refractivity contribution in [1.29, 1.82) is 0 Å². The standard InChI is InChI=1S/C19H21N3O3/c23-19(21-15-6-7-16-17(11-15)25-13-24-16)14-5-8-18(20-12-14)22-9-3-1-2-4-10-22/h5-8,11-12H,1-4,9-10,13H2,(H,21,23). The number of hydrogen-bond acceptors (Lipinski definition) is 5. The van der Waals surface area contributed by atoms with E-state index in [4.69, 9.17) is 9.47 Å². The minimum Gasteiger partial charge on any atom is -0.454 e. The molecule has 0 aliphatic carbocycles. The summed E-state index contributed by atoms with van der Waals surface area (Å²) >= 11 is 0. The van der Waals surface area contributed by atoms with Crippen LogP contribution in [0.3, 0.4) is 0 Å². The molecule has 0 saturated carbocycles. The molecular formula is C19H21N3O3. The zero-order valence-electron chi connectivity index (χ0n) is 14.0. The van der Waals surface area contributed by atoms with Crippen LogP contribution >= 0.6 is 0 Å². The SMILES string of the molecule is O=C(Nc1ccc2c(c1)OCO2)c1ccc(N2CCCCCC2)nc1. The number of anilines is 2. The lowest BCUT2D eigenvalue weighted by atomic mass is 10.2. The van der Waals surface area contributed by atoms with E-state index in [1.807, 2.05) is 12.1 Å². The topological polar surface area (TPSA) is 63.7 Å². The maximum atomic E-state index is 12.4. The molecular weight excluding hydrogens is 318 g/mol. The van der Waals surface area contributed by atoms with Crippen LogP contribution in [0.15, 0.2) is 36.5 Å². The lowest BCUT2D eigenvalue weighted by Crippen LogP contribution is -2.25. The van der Waals surface area contributed by atoms with Crippen LogP contribution in [0.25, 0.3) is 0 Å². The first-order valence-corrected chi connectivity index (χ1v) is 8.71. The molecule has 1 aromatic heterocycles. The maximum absolute atomic E-state index is 12.4. The summed E-state index contributed by atoms with van der Waals surface area (Å²) in [4.78, 5) is 19.2. The molecule has 0 bridgehead atoms. The number of carbonyl (C=O) groups excluding carboxylic acids is 1. The third-order valence-corrected chi connectivity index (χ3v) is 4.57. The molecule has 0 radical (unpaired) electrons. The zero-order chi connectivity index (χ0) is 17.1. The third-order valence-electron chi connectivity index (χ3n) is 4.57. The number of rotatable bonds is 3. The Balaban J connectivity index is 1.43. The molecule has 1 amide bonds. The van der Waals surface area contributed by atoms with Gasteiger partial charge in [0.05, 0.1) is 5.56 Å². The molecule has 1 aromatic carbocycles. The van der Waals surface area contributed by atoms with E-state index in [0.29, 0.717) is 22.7 Å². The average molecular weight is 339 g/mol. The fraction of sp³-hybridized carbons (Fsp3) is 0.368. The number of amides is 1. The number of carbonyl (C=O) groups is 1. The Morgan fingerprint density at radius 2 is 1.80 bits per heavy atom. The minimum atomic E-state index is -0.186. The van der Waals surface area contributed by atoms with Crippen molar-refractivity contribution in [2.24, 2.45) is 0 Å². The van der Waals surface area contributed by atoms with Gasteiger partial charge in [-0.2, -0.15) is 0 Å². The van der Waals surface area contributed by atoms with Crippen molar-refractivity contribution < 1.29 is 14.3 Å². The summed E-state index contributed by atoms with van der Waals surface area (Å²) in [5.41, 5.74) is 1.21. The zero-order valence-corrected chi connectivity index (χ0v) is 14.0. The summed E-state index contributed by atoms with van der Waals surface area (Å²) in [7, 11) is 0. The van der Waals surface area contributed by atoms with Gasteiger partial charge in [0.1, 0.15) is 5.82 Å². The van der Waals surface area contributed by atoms with Gasteiger partial charge in [0.15, 0.2) is 11.5 Å². The number of pyridine rings is 1. The van der Waals surface area contributed by atoms with Crippen LogP contribution < -0.4 is 19.7 Å². The first-order chi connectivity index (χ1) is 12.3. The molecule has 4 rings (SSSR count). The van der Waals surface area contributed by atoms with Gasteiger partial charge >= 0.3 is 0 Å². The van der Waals surface area contributed by atoms with Crippen LogP contribution in [-0.4, -0.2) is 30.8 Å². The number of fused-ring (bicyclic) bond motifs is 1. The Hall–Kier alpha value is -2.76. The number of aromatic nitrogens is 1. The Kier molecular flexibility index (Phi) is 4.41. The highest BCUT2D eigenvalue weighted by Crippen LogP contribution is 2.34. The lowest BCUT2D eigenvalue weighted by molar-refractivity contribution is 0.102. The quantitative estimate of drug-likeness (QED) is 0.928. The van der Waals surface area contributed by atoms with E-state index < -0.39 is 0 Å². The number of ether oxygens (including phenoxy) is 2. The monoisotopic (exact) mass is 339 g/mol. The molecule has 0 spiro atoms. The Labute approximate surface area is 146 Å². The summed E-state index contributed by atoms with van der Waals surface area (Å²) in [5, 5.41) is 2.87. The predicted molar refractivity (Wildman–Crippen MR) is 95.4 cm³/mol. The summed E-state index contributed by atoms with van der Waals surface area (Å²) in [5.74, 6) is 2.10. The number of nitrogens with one attached hydrogen (secondary N) is 1. The van der Waals surface area contributed by atoms with Crippen LogP contribution in [0.5, 0.6) is 11.5 Å². The van der Waals surface area contributed by atoms with Crippen molar-refractivity contribution in [2.45, 2.75) is 25.7 Å². The molecule has 6 nitrogen and oxygen atoms in total. The Bertz CT molecular complexity index is 753. The smallest absolute Gasteiger partial charge is 0.257 e. The molecule has 2 aliphatic rings. The highest BCUT2D eigenvalue weighted by molar-refractivity contribution is 6.04. The van der Waals surface area contributed by atoms with E-state index in [9.17, 15) is 4.79 Å². The van der Waals surface area contributed by atoms with Gasteiger partial charge in [-0.15, -0.1) is 0 Å². The van der Waals surface area contributed by atoms with E-state index in [2.05, 4.69) is 15.2 Å². The normalized spacial score (nSPS) is 16.4. The van der Waals surface area contributed by atoms with Crippen molar-refractivity contribution in [1.82, 2.24) is 4.98 Å². The third kappa shape index (κ3) is 3.52. The molecule has 25 heavy (non-hydrogen) atoms. The molecule has 2 aliphatic heterocycles. The second-order valence-corrected chi connectivity index (χ2v) is 6.33. The molecule has 3 heterocycles. The largest absolute Gasteiger partial charge is 0.454 e. The van der Waals surface area contributed by atoms with Gasteiger partial charge in [-0.1, -0.05) is 12.8 Å². The summed E-state index contributed by atoms with van der Waals surface area (Å²) < 4.78 is 10.6. The number of nitrogens with zero attached hydrogens (tertiary/aromatic N) is 2. The number of hydrogen-bond donors (Lipinski definition) is 1. The minimum absolute atomic E-state index is 0.186. The van der Waals surface area contributed by atoms with Crippen LogP contribution in [0.1, 0.15) is 36.0 Å². The van der Waals surface area contributed by atoms with Crippen molar-refractivity contribution >= 4 is 17.4 Å². The molecule has 130 valence electrons. The molecule has 0 unspecified atom stereocenters. The number of benzene rings is 1. The fourth-order valence-corrected chi connectivity index (χ4v) is 3.18. The van der Waals surface area contributed by atoms with E-state index in [-0.39, 0.29) is 12.7 Å². The molecule has 2 aromatic rings. The first kappa shape index (κ1) is 15.7. The average Bonchev–Trinajstić information content (AvgIpc) is 2.94. The van der Waals surface area contributed by atoms with Gasteiger partial charge in [-0.05, 0) is 37.1 Å². The first-order valence-electron chi connectivity index (χ1n) is 8.71. The van der Waals surface area contributed by atoms with E-state index >= 15 is 0 Å². The summed E-state index contributed by atoms with van der Waals surface area (Å²) in [6.45, 7) is 2.29. The van der Waals surface area contributed by atoms with E-state index in [1.54, 1.807) is 24.4 Å². The molecule has 1 N–H and O–H groups in total. The van der Waals surface area contributed by atoms with Gasteiger partial charge in [-0.3, -0.25) is 4.79 Å². The Morgan fingerprint density at radius 3 is 2.56 bits per heavy atom. The van der Waals surface area contributed by atoms with Gasteiger partial charge in [0.2, 0.25) is 6.79 Å². The van der Waals surface area contributed by atoms with Gasteiger partial charge in [-0.25, -0.2) is 4.98 Å². The molecule has 6 heteroatoms. The molecule has 1 saturated heterocycles. The second-order valence-electron chi connectivity index (χ2n) is 6.33. The van der Waals surface area contributed by atoms with Gasteiger partial charge in [0, 0.05) is 31.0 Å². The van der Waals surface area contributed by atoms with E-state index in [1.165, 1.54) is 25.7 Å². The highest BCUT2D eigenvalue weighted by atomic mass is 16.7. The van der Waals surface area contributed by atoms with Crippen LogP contribution in [-0.2, 0) is 0 Å². The molecule has 0 atom stereocenters. The fourth-order valence-electron chi connectivity index (χ4n) is 3.18. The van der Waals surface area contributed by atoms with Gasteiger partial charge < -0.3 is 19.7 Å². The maximum Gasteiger partial charge on any atom is 0.257 e. The summed E-state index contributed by atoms with van der Waals surface area (Å²) in [6, 6.07) is 9.11. The van der Waals surface area contributed by atoms with Crippen LogP contribution in [0.4, 0.5) is 11.5 Å². The lowest BCUT2D eigenvalue weighted by Gasteiger charge is -2.21. The van der Waals surface area contributed by atoms with Crippen molar-refractivity contribution in [3.05, 3.63) is 42.1 Å².